The number of rotatable bonds is 6. The van der Waals surface area contributed by atoms with Crippen LogP contribution in [0.15, 0.2) is 60.7 Å². The summed E-state index contributed by atoms with van der Waals surface area (Å²) in [5.74, 6) is -2.17. The first-order valence-corrected chi connectivity index (χ1v) is 8.90. The Bertz CT molecular complexity index is 856. The predicted octanol–water partition coefficient (Wildman–Crippen LogP) is 2.70. The van der Waals surface area contributed by atoms with Gasteiger partial charge in [0.2, 0.25) is 12.5 Å². The van der Waals surface area contributed by atoms with Gasteiger partial charge in [-0.15, -0.1) is 0 Å². The lowest BCUT2D eigenvalue weighted by atomic mass is 10.1. The molecule has 1 aliphatic rings. The molecular formula is C21H19FO7. The van der Waals surface area contributed by atoms with Crippen LogP contribution in [0.2, 0.25) is 0 Å². The number of esters is 3. The molecule has 0 bridgehead atoms. The van der Waals surface area contributed by atoms with Gasteiger partial charge in [0.15, 0.2) is 6.10 Å². The van der Waals surface area contributed by atoms with Crippen LogP contribution in [0.3, 0.4) is 0 Å². The lowest BCUT2D eigenvalue weighted by Gasteiger charge is -2.18. The highest BCUT2D eigenvalue weighted by Crippen LogP contribution is 2.29. The summed E-state index contributed by atoms with van der Waals surface area (Å²) >= 11 is 0. The van der Waals surface area contributed by atoms with Crippen molar-refractivity contribution in [1.29, 1.82) is 0 Å². The number of benzene rings is 2. The van der Waals surface area contributed by atoms with Crippen molar-refractivity contribution in [3.63, 3.8) is 0 Å². The monoisotopic (exact) mass is 402 g/mol. The average molecular weight is 402 g/mol. The van der Waals surface area contributed by atoms with Crippen LogP contribution in [-0.4, -0.2) is 49.2 Å². The van der Waals surface area contributed by atoms with Gasteiger partial charge in [-0.3, -0.25) is 4.79 Å². The molecule has 2 aromatic rings. The molecule has 4 atom stereocenters. The first kappa shape index (κ1) is 20.5. The topological polar surface area (TPSA) is 88.1 Å². The Morgan fingerprint density at radius 1 is 0.897 bits per heavy atom. The smallest absolute Gasteiger partial charge is 0.340 e. The fourth-order valence-electron chi connectivity index (χ4n) is 2.81. The third kappa shape index (κ3) is 5.17. The summed E-state index contributed by atoms with van der Waals surface area (Å²) in [6, 6.07) is 16.2. The van der Waals surface area contributed by atoms with Gasteiger partial charge in [0, 0.05) is 6.92 Å². The van der Waals surface area contributed by atoms with Gasteiger partial charge in [-0.2, -0.15) is 0 Å². The van der Waals surface area contributed by atoms with Crippen molar-refractivity contribution < 1.29 is 37.7 Å². The maximum absolute atomic E-state index is 14.8. The van der Waals surface area contributed by atoms with E-state index < -0.39 is 42.6 Å². The molecule has 0 aliphatic carbocycles. The molecule has 1 heterocycles. The number of halogens is 1. The number of carbonyl (C=O) groups excluding carboxylic acids is 3. The molecule has 1 aliphatic heterocycles. The van der Waals surface area contributed by atoms with Gasteiger partial charge in [0.25, 0.3) is 0 Å². The van der Waals surface area contributed by atoms with Crippen LogP contribution in [0.25, 0.3) is 0 Å². The lowest BCUT2D eigenvalue weighted by molar-refractivity contribution is -0.152. The van der Waals surface area contributed by atoms with Crippen molar-refractivity contribution >= 4 is 17.9 Å². The van der Waals surface area contributed by atoms with Crippen LogP contribution in [0.5, 0.6) is 0 Å². The van der Waals surface area contributed by atoms with E-state index in [2.05, 4.69) is 0 Å². The average Bonchev–Trinajstić information content (AvgIpc) is 3.01. The number of hydrogen-bond donors (Lipinski definition) is 0. The first-order valence-electron chi connectivity index (χ1n) is 8.90. The van der Waals surface area contributed by atoms with E-state index in [0.29, 0.717) is 5.56 Å². The summed E-state index contributed by atoms with van der Waals surface area (Å²) in [6.45, 7) is 0.731. The minimum absolute atomic E-state index is 0.214. The Kier molecular flexibility index (Phi) is 6.56. The molecule has 0 spiro atoms. The lowest BCUT2D eigenvalue weighted by Crippen LogP contribution is -2.37. The maximum atomic E-state index is 14.8. The Balaban J connectivity index is 1.66. The zero-order valence-corrected chi connectivity index (χ0v) is 15.5. The number of hydrogen-bond acceptors (Lipinski definition) is 7. The van der Waals surface area contributed by atoms with Gasteiger partial charge in [0.1, 0.15) is 12.7 Å². The Hall–Kier alpha value is -3.26. The van der Waals surface area contributed by atoms with E-state index in [1.54, 1.807) is 48.5 Å². The molecule has 152 valence electrons. The van der Waals surface area contributed by atoms with E-state index in [1.165, 1.54) is 12.1 Å². The number of ether oxygens (including phenoxy) is 4. The summed E-state index contributed by atoms with van der Waals surface area (Å²) in [7, 11) is 0. The normalized spacial score (nSPS) is 23.2. The van der Waals surface area contributed by atoms with Crippen molar-refractivity contribution in [2.75, 3.05) is 6.61 Å². The van der Waals surface area contributed by atoms with E-state index in [4.69, 9.17) is 18.9 Å². The SMILES string of the molecule is CC(=O)OC1C(COC(=O)c2ccccc2)OC(OC(=O)c2ccccc2)C1F. The largest absolute Gasteiger partial charge is 0.459 e. The summed E-state index contributed by atoms with van der Waals surface area (Å²) in [4.78, 5) is 35.6. The molecule has 3 rings (SSSR count). The second-order valence-electron chi connectivity index (χ2n) is 6.30. The van der Waals surface area contributed by atoms with E-state index in [-0.39, 0.29) is 12.2 Å². The molecule has 0 N–H and O–H groups in total. The Morgan fingerprint density at radius 3 is 2.00 bits per heavy atom. The second-order valence-corrected chi connectivity index (χ2v) is 6.30. The minimum atomic E-state index is -1.94. The molecule has 0 amide bonds. The van der Waals surface area contributed by atoms with E-state index in [9.17, 15) is 18.8 Å². The van der Waals surface area contributed by atoms with Crippen molar-refractivity contribution in [2.24, 2.45) is 0 Å². The standard InChI is InChI=1S/C21H19FO7/c1-13(23)27-18-16(12-26-19(24)14-8-4-2-5-9-14)28-21(17(18)22)29-20(25)15-10-6-3-7-11-15/h2-11,16-18,21H,12H2,1H3. The highest BCUT2D eigenvalue weighted by atomic mass is 19.1. The van der Waals surface area contributed by atoms with E-state index in [1.807, 2.05) is 0 Å². The van der Waals surface area contributed by atoms with Crippen LogP contribution in [0.4, 0.5) is 4.39 Å². The van der Waals surface area contributed by atoms with Gasteiger partial charge in [-0.25, -0.2) is 14.0 Å². The van der Waals surface area contributed by atoms with Gasteiger partial charge < -0.3 is 18.9 Å². The van der Waals surface area contributed by atoms with Crippen molar-refractivity contribution in [2.45, 2.75) is 31.6 Å². The van der Waals surface area contributed by atoms with Crippen LogP contribution in [-0.2, 0) is 23.7 Å². The molecule has 8 heteroatoms. The van der Waals surface area contributed by atoms with Gasteiger partial charge >= 0.3 is 17.9 Å². The molecule has 1 saturated heterocycles. The summed E-state index contributed by atoms with van der Waals surface area (Å²) in [5, 5.41) is 0. The van der Waals surface area contributed by atoms with Crippen LogP contribution in [0.1, 0.15) is 27.6 Å². The second kappa shape index (κ2) is 9.29. The summed E-state index contributed by atoms with van der Waals surface area (Å²) in [6.07, 6.45) is -6.06. The molecule has 0 radical (unpaired) electrons. The van der Waals surface area contributed by atoms with Gasteiger partial charge in [0.05, 0.1) is 11.1 Å². The summed E-state index contributed by atoms with van der Waals surface area (Å²) < 4.78 is 35.4. The number of alkyl halides is 1. The molecule has 29 heavy (non-hydrogen) atoms. The van der Waals surface area contributed by atoms with Gasteiger partial charge in [-0.1, -0.05) is 36.4 Å². The first-order chi connectivity index (χ1) is 14.0. The molecule has 1 fully saturated rings. The van der Waals surface area contributed by atoms with Crippen LogP contribution in [0, 0.1) is 0 Å². The Labute approximate surface area is 166 Å². The zero-order chi connectivity index (χ0) is 20.8. The molecule has 0 aromatic heterocycles. The Morgan fingerprint density at radius 2 is 1.45 bits per heavy atom. The van der Waals surface area contributed by atoms with E-state index in [0.717, 1.165) is 6.92 Å². The minimum Gasteiger partial charge on any atom is -0.459 e. The van der Waals surface area contributed by atoms with Crippen LogP contribution < -0.4 is 0 Å². The fraction of sp³-hybridized carbons (Fsp3) is 0.286. The highest BCUT2D eigenvalue weighted by Gasteiger charge is 2.50. The molecule has 4 unspecified atom stereocenters. The highest BCUT2D eigenvalue weighted by molar-refractivity contribution is 5.89. The predicted molar refractivity (Wildman–Crippen MR) is 97.7 cm³/mol. The molecule has 7 nitrogen and oxygen atoms in total. The fourth-order valence-corrected chi connectivity index (χ4v) is 2.81. The molecule has 2 aromatic carbocycles. The molecule has 0 saturated carbocycles. The van der Waals surface area contributed by atoms with Crippen molar-refractivity contribution in [3.05, 3.63) is 71.8 Å². The van der Waals surface area contributed by atoms with Crippen molar-refractivity contribution in [1.82, 2.24) is 0 Å². The van der Waals surface area contributed by atoms with E-state index >= 15 is 0 Å². The maximum Gasteiger partial charge on any atom is 0.340 e. The van der Waals surface area contributed by atoms with Crippen molar-refractivity contribution in [3.8, 4) is 0 Å². The number of carbonyl (C=O) groups is 3. The van der Waals surface area contributed by atoms with Crippen LogP contribution >= 0.6 is 0 Å². The van der Waals surface area contributed by atoms with Gasteiger partial charge in [-0.05, 0) is 24.3 Å². The third-order valence-corrected chi connectivity index (χ3v) is 4.17. The zero-order valence-electron chi connectivity index (χ0n) is 15.5. The quantitative estimate of drug-likeness (QED) is 0.542. The molecular weight excluding hydrogens is 383 g/mol. The third-order valence-electron chi connectivity index (χ3n) is 4.17. The summed E-state index contributed by atoms with van der Waals surface area (Å²) in [5.41, 5.74) is 0.518.